The summed E-state index contributed by atoms with van der Waals surface area (Å²) in [5.41, 5.74) is 2.75. The average molecular weight is 399 g/mol. The van der Waals surface area contributed by atoms with Gasteiger partial charge in [0.05, 0.1) is 6.61 Å². The van der Waals surface area contributed by atoms with Crippen molar-refractivity contribution in [1.82, 2.24) is 9.97 Å². The highest BCUT2D eigenvalue weighted by atomic mass is 79.9. The van der Waals surface area contributed by atoms with Crippen LogP contribution < -0.4 is 15.4 Å². The molecule has 0 aliphatic heterocycles. The van der Waals surface area contributed by atoms with Gasteiger partial charge in [-0.15, -0.1) is 0 Å². The van der Waals surface area contributed by atoms with E-state index in [1.807, 2.05) is 68.4 Å². The number of hydrogen-bond donors (Lipinski definition) is 2. The summed E-state index contributed by atoms with van der Waals surface area (Å²) in [4.78, 5) is 8.97. The Morgan fingerprint density at radius 3 is 2.24 bits per heavy atom. The molecule has 0 unspecified atom stereocenters. The van der Waals surface area contributed by atoms with E-state index in [0.717, 1.165) is 33.1 Å². The van der Waals surface area contributed by atoms with Gasteiger partial charge in [0.2, 0.25) is 5.95 Å². The molecule has 0 atom stereocenters. The highest BCUT2D eigenvalue weighted by molar-refractivity contribution is 9.10. The Labute approximate surface area is 155 Å². The molecule has 2 N–H and O–H groups in total. The van der Waals surface area contributed by atoms with Crippen LogP contribution in [0.4, 0.5) is 23.1 Å². The lowest BCUT2D eigenvalue weighted by Crippen LogP contribution is -2.02. The normalized spacial score (nSPS) is 10.4. The number of ether oxygens (including phenoxy) is 1. The minimum absolute atomic E-state index is 0.545. The molecular weight excluding hydrogens is 380 g/mol. The minimum atomic E-state index is 0.545. The Bertz CT molecular complexity index is 835. The molecule has 0 amide bonds. The number of aryl methyl sites for hydroxylation is 1. The standard InChI is InChI=1S/C19H19BrN4O/c1-3-25-17-10-8-16(9-11-17)23-19-21-13(2)12-18(24-19)22-15-6-4-14(20)5-7-15/h4-12H,3H2,1-2H3,(H2,21,22,23,24). The molecule has 0 bridgehead atoms. The van der Waals surface area contributed by atoms with Crippen molar-refractivity contribution in [2.45, 2.75) is 13.8 Å². The molecule has 1 heterocycles. The largest absolute Gasteiger partial charge is 0.494 e. The van der Waals surface area contributed by atoms with E-state index < -0.39 is 0 Å². The predicted octanol–water partition coefficient (Wildman–Crippen LogP) is 5.43. The molecule has 0 spiro atoms. The van der Waals surface area contributed by atoms with Crippen molar-refractivity contribution in [1.29, 1.82) is 0 Å². The first-order valence-electron chi connectivity index (χ1n) is 8.00. The van der Waals surface area contributed by atoms with Gasteiger partial charge in [0, 0.05) is 27.6 Å². The zero-order chi connectivity index (χ0) is 17.6. The second-order valence-electron chi connectivity index (χ2n) is 5.43. The van der Waals surface area contributed by atoms with Crippen LogP contribution in [0.25, 0.3) is 0 Å². The Kier molecular flexibility index (Phi) is 5.50. The second kappa shape index (κ2) is 7.98. The van der Waals surface area contributed by atoms with Gasteiger partial charge in [0.1, 0.15) is 11.6 Å². The summed E-state index contributed by atoms with van der Waals surface area (Å²) in [5, 5.41) is 6.52. The molecule has 25 heavy (non-hydrogen) atoms. The van der Waals surface area contributed by atoms with Gasteiger partial charge in [-0.25, -0.2) is 4.98 Å². The minimum Gasteiger partial charge on any atom is -0.494 e. The number of nitrogens with zero attached hydrogens (tertiary/aromatic N) is 2. The molecule has 1 aromatic heterocycles. The van der Waals surface area contributed by atoms with E-state index in [1.54, 1.807) is 0 Å². The zero-order valence-corrected chi connectivity index (χ0v) is 15.7. The van der Waals surface area contributed by atoms with Crippen molar-refractivity contribution in [3.8, 4) is 5.75 Å². The van der Waals surface area contributed by atoms with E-state index in [-0.39, 0.29) is 0 Å². The first-order chi connectivity index (χ1) is 12.1. The number of rotatable bonds is 6. The van der Waals surface area contributed by atoms with Crippen LogP contribution in [0.1, 0.15) is 12.6 Å². The van der Waals surface area contributed by atoms with Crippen molar-refractivity contribution in [3.63, 3.8) is 0 Å². The van der Waals surface area contributed by atoms with E-state index in [4.69, 9.17) is 4.74 Å². The first-order valence-corrected chi connectivity index (χ1v) is 8.80. The third-order valence-corrected chi connectivity index (χ3v) is 3.92. The van der Waals surface area contributed by atoms with Crippen LogP contribution in [0, 0.1) is 6.92 Å². The van der Waals surface area contributed by atoms with Gasteiger partial charge in [-0.2, -0.15) is 4.98 Å². The summed E-state index contributed by atoms with van der Waals surface area (Å²) < 4.78 is 6.49. The van der Waals surface area contributed by atoms with E-state index >= 15 is 0 Å². The van der Waals surface area contributed by atoms with Gasteiger partial charge < -0.3 is 15.4 Å². The van der Waals surface area contributed by atoms with Crippen molar-refractivity contribution in [2.75, 3.05) is 17.2 Å². The lowest BCUT2D eigenvalue weighted by molar-refractivity contribution is 0.340. The van der Waals surface area contributed by atoms with Crippen LogP contribution in [0.3, 0.4) is 0 Å². The quantitative estimate of drug-likeness (QED) is 0.579. The molecule has 128 valence electrons. The van der Waals surface area contributed by atoms with Crippen LogP contribution in [-0.2, 0) is 0 Å². The number of anilines is 4. The lowest BCUT2D eigenvalue weighted by Gasteiger charge is -2.10. The molecule has 0 saturated carbocycles. The molecular formula is C19H19BrN4O. The Balaban J connectivity index is 1.75. The molecule has 5 nitrogen and oxygen atoms in total. The third-order valence-electron chi connectivity index (χ3n) is 3.39. The van der Waals surface area contributed by atoms with Gasteiger partial charge in [-0.1, -0.05) is 15.9 Å². The highest BCUT2D eigenvalue weighted by Crippen LogP contribution is 2.22. The van der Waals surface area contributed by atoms with E-state index in [9.17, 15) is 0 Å². The Morgan fingerprint density at radius 2 is 1.56 bits per heavy atom. The van der Waals surface area contributed by atoms with Crippen molar-refractivity contribution < 1.29 is 4.74 Å². The molecule has 2 aromatic carbocycles. The monoisotopic (exact) mass is 398 g/mol. The predicted molar refractivity (Wildman–Crippen MR) is 105 cm³/mol. The molecule has 0 aliphatic rings. The van der Waals surface area contributed by atoms with E-state index in [0.29, 0.717) is 12.6 Å². The molecule has 3 aromatic rings. The molecule has 0 aliphatic carbocycles. The van der Waals surface area contributed by atoms with E-state index in [1.165, 1.54) is 0 Å². The van der Waals surface area contributed by atoms with Crippen molar-refractivity contribution in [3.05, 3.63) is 64.8 Å². The SMILES string of the molecule is CCOc1ccc(Nc2nc(C)cc(Nc3ccc(Br)cc3)n2)cc1. The fourth-order valence-corrected chi connectivity index (χ4v) is 2.56. The van der Waals surface area contributed by atoms with Gasteiger partial charge in [0.15, 0.2) is 0 Å². The maximum absolute atomic E-state index is 5.45. The van der Waals surface area contributed by atoms with Crippen LogP contribution in [0.15, 0.2) is 59.1 Å². The third kappa shape index (κ3) is 4.93. The molecule has 6 heteroatoms. The topological polar surface area (TPSA) is 59.1 Å². The number of hydrogen-bond acceptors (Lipinski definition) is 5. The fourth-order valence-electron chi connectivity index (χ4n) is 2.30. The maximum Gasteiger partial charge on any atom is 0.229 e. The summed E-state index contributed by atoms with van der Waals surface area (Å²) in [6.45, 7) is 4.56. The molecule has 0 fully saturated rings. The van der Waals surface area contributed by atoms with Gasteiger partial charge >= 0.3 is 0 Å². The number of aromatic nitrogens is 2. The van der Waals surface area contributed by atoms with Crippen LogP contribution in [0.5, 0.6) is 5.75 Å². The van der Waals surface area contributed by atoms with Gasteiger partial charge in [-0.3, -0.25) is 0 Å². The maximum atomic E-state index is 5.45. The Hall–Kier alpha value is -2.60. The molecule has 0 saturated heterocycles. The molecule has 0 radical (unpaired) electrons. The van der Waals surface area contributed by atoms with Crippen LogP contribution >= 0.6 is 15.9 Å². The zero-order valence-electron chi connectivity index (χ0n) is 14.1. The summed E-state index contributed by atoms with van der Waals surface area (Å²) >= 11 is 3.43. The van der Waals surface area contributed by atoms with E-state index in [2.05, 4.69) is 36.5 Å². The van der Waals surface area contributed by atoms with Gasteiger partial charge in [0.25, 0.3) is 0 Å². The summed E-state index contributed by atoms with van der Waals surface area (Å²) in [6, 6.07) is 17.6. The van der Waals surface area contributed by atoms with Gasteiger partial charge in [-0.05, 0) is 62.4 Å². The smallest absolute Gasteiger partial charge is 0.229 e. The summed E-state index contributed by atoms with van der Waals surface area (Å²) in [5.74, 6) is 2.13. The fraction of sp³-hybridized carbons (Fsp3) is 0.158. The first kappa shape index (κ1) is 17.2. The lowest BCUT2D eigenvalue weighted by atomic mass is 10.3. The average Bonchev–Trinajstić information content (AvgIpc) is 2.58. The van der Waals surface area contributed by atoms with Crippen LogP contribution in [0.2, 0.25) is 0 Å². The number of halogens is 1. The highest BCUT2D eigenvalue weighted by Gasteiger charge is 2.04. The molecule has 3 rings (SSSR count). The van der Waals surface area contributed by atoms with Crippen molar-refractivity contribution >= 4 is 39.1 Å². The second-order valence-corrected chi connectivity index (χ2v) is 6.35. The number of benzene rings is 2. The Morgan fingerprint density at radius 1 is 0.920 bits per heavy atom. The summed E-state index contributed by atoms with van der Waals surface area (Å²) in [6.07, 6.45) is 0. The number of nitrogens with one attached hydrogen (secondary N) is 2. The van der Waals surface area contributed by atoms with Crippen LogP contribution in [-0.4, -0.2) is 16.6 Å². The summed E-state index contributed by atoms with van der Waals surface area (Å²) in [7, 11) is 0. The van der Waals surface area contributed by atoms with Crippen molar-refractivity contribution in [2.24, 2.45) is 0 Å².